The monoisotopic (exact) mass is 343 g/mol. The average Bonchev–Trinajstić information content (AvgIpc) is 2.86. The molecule has 0 saturated carbocycles. The Morgan fingerprint density at radius 1 is 1.30 bits per heavy atom. The van der Waals surface area contributed by atoms with Crippen LogP contribution in [0.1, 0.15) is 17.0 Å². The number of hydrogen-bond acceptors (Lipinski definition) is 4. The van der Waals surface area contributed by atoms with Crippen LogP contribution in [0.5, 0.6) is 0 Å². The Balaban J connectivity index is 1.70. The van der Waals surface area contributed by atoms with E-state index in [9.17, 15) is 9.59 Å². The molecule has 110 valence electrons. The van der Waals surface area contributed by atoms with E-state index >= 15 is 0 Å². The van der Waals surface area contributed by atoms with E-state index in [-0.39, 0.29) is 17.6 Å². The number of furan rings is 1. The molecule has 0 bridgehead atoms. The normalized spacial score (nSPS) is 16.2. The minimum absolute atomic E-state index is 0.0824. The second-order valence-electron chi connectivity index (χ2n) is 4.79. The highest BCUT2D eigenvalue weighted by molar-refractivity contribution is 9.10. The highest BCUT2D eigenvalue weighted by Crippen LogP contribution is 2.13. The molecule has 1 saturated heterocycles. The highest BCUT2D eigenvalue weighted by Gasteiger charge is 2.19. The second kappa shape index (κ2) is 6.90. The van der Waals surface area contributed by atoms with Crippen LogP contribution in [0.2, 0.25) is 0 Å². The number of amides is 2. The molecule has 1 aromatic heterocycles. The molecule has 1 aliphatic heterocycles. The number of hydrogen-bond donors (Lipinski definition) is 1. The standard InChI is InChI=1S/C13H18BrN3O3/c1-16-6-8-17(9-7-16)12(18)4-5-15-13(19)10-2-3-11(14)20-10/h2-3H,4-9H2,1H3,(H,15,19). The number of carbonyl (C=O) groups is 2. The smallest absolute Gasteiger partial charge is 0.287 e. The van der Waals surface area contributed by atoms with Crippen LogP contribution in [-0.2, 0) is 4.79 Å². The maximum Gasteiger partial charge on any atom is 0.287 e. The topological polar surface area (TPSA) is 65.8 Å². The number of carbonyl (C=O) groups excluding carboxylic acids is 2. The number of halogens is 1. The average molecular weight is 344 g/mol. The Morgan fingerprint density at radius 3 is 2.60 bits per heavy atom. The van der Waals surface area contributed by atoms with E-state index in [1.54, 1.807) is 12.1 Å². The third-order valence-corrected chi connectivity index (χ3v) is 3.70. The van der Waals surface area contributed by atoms with Gasteiger partial charge in [-0.15, -0.1) is 0 Å². The summed E-state index contributed by atoms with van der Waals surface area (Å²) in [6.45, 7) is 3.64. The molecule has 6 nitrogen and oxygen atoms in total. The van der Waals surface area contributed by atoms with Crippen LogP contribution in [0.3, 0.4) is 0 Å². The van der Waals surface area contributed by atoms with Crippen molar-refractivity contribution in [1.82, 2.24) is 15.1 Å². The van der Waals surface area contributed by atoms with Crippen molar-refractivity contribution in [3.63, 3.8) is 0 Å². The van der Waals surface area contributed by atoms with Gasteiger partial charge in [0.2, 0.25) is 5.91 Å². The van der Waals surface area contributed by atoms with Gasteiger partial charge in [-0.1, -0.05) is 0 Å². The lowest BCUT2D eigenvalue weighted by molar-refractivity contribution is -0.132. The number of rotatable bonds is 4. The molecule has 2 rings (SSSR count). The summed E-state index contributed by atoms with van der Waals surface area (Å²) >= 11 is 3.14. The zero-order valence-electron chi connectivity index (χ0n) is 11.4. The Bertz CT molecular complexity index is 481. The first-order chi connectivity index (χ1) is 9.56. The molecular formula is C13H18BrN3O3. The van der Waals surface area contributed by atoms with Crippen LogP contribution >= 0.6 is 15.9 Å². The van der Waals surface area contributed by atoms with Crippen molar-refractivity contribution in [2.45, 2.75) is 6.42 Å². The van der Waals surface area contributed by atoms with E-state index in [0.717, 1.165) is 26.2 Å². The van der Waals surface area contributed by atoms with Gasteiger partial charge in [0.05, 0.1) is 0 Å². The number of likely N-dealkylation sites (N-methyl/N-ethyl adjacent to an activating group) is 1. The zero-order valence-corrected chi connectivity index (χ0v) is 13.0. The van der Waals surface area contributed by atoms with Crippen LogP contribution < -0.4 is 5.32 Å². The van der Waals surface area contributed by atoms with E-state index in [0.29, 0.717) is 17.6 Å². The maximum atomic E-state index is 12.0. The second-order valence-corrected chi connectivity index (χ2v) is 5.58. The van der Waals surface area contributed by atoms with E-state index in [4.69, 9.17) is 4.42 Å². The number of piperazine rings is 1. The Labute approximate surface area is 126 Å². The first-order valence-corrected chi connectivity index (χ1v) is 7.35. The quantitative estimate of drug-likeness (QED) is 0.883. The van der Waals surface area contributed by atoms with Crippen molar-refractivity contribution in [1.29, 1.82) is 0 Å². The molecule has 1 aromatic rings. The molecule has 0 atom stereocenters. The van der Waals surface area contributed by atoms with Gasteiger partial charge >= 0.3 is 0 Å². The molecular weight excluding hydrogens is 326 g/mol. The fraction of sp³-hybridized carbons (Fsp3) is 0.538. The van der Waals surface area contributed by atoms with Gasteiger partial charge < -0.3 is 19.5 Å². The van der Waals surface area contributed by atoms with Crippen molar-refractivity contribution in [2.24, 2.45) is 0 Å². The van der Waals surface area contributed by atoms with Gasteiger partial charge in [0.1, 0.15) is 0 Å². The SMILES string of the molecule is CN1CCN(C(=O)CCNC(=O)c2ccc(Br)o2)CC1. The molecule has 2 amide bonds. The molecule has 1 fully saturated rings. The van der Waals surface area contributed by atoms with E-state index < -0.39 is 0 Å². The molecule has 20 heavy (non-hydrogen) atoms. The van der Waals surface area contributed by atoms with Gasteiger partial charge in [0.15, 0.2) is 10.4 Å². The van der Waals surface area contributed by atoms with Crippen LogP contribution in [0, 0.1) is 0 Å². The van der Waals surface area contributed by atoms with Crippen molar-refractivity contribution < 1.29 is 14.0 Å². The van der Waals surface area contributed by atoms with Crippen LogP contribution in [0.25, 0.3) is 0 Å². The summed E-state index contributed by atoms with van der Waals surface area (Å²) in [5.74, 6) is 0.0184. The summed E-state index contributed by atoms with van der Waals surface area (Å²) in [7, 11) is 2.05. The first-order valence-electron chi connectivity index (χ1n) is 6.56. The molecule has 0 radical (unpaired) electrons. The lowest BCUT2D eigenvalue weighted by Gasteiger charge is -2.32. The Hall–Kier alpha value is -1.34. The fourth-order valence-corrected chi connectivity index (χ4v) is 2.33. The zero-order chi connectivity index (χ0) is 14.5. The molecule has 2 heterocycles. The minimum Gasteiger partial charge on any atom is -0.444 e. The Morgan fingerprint density at radius 2 is 2.00 bits per heavy atom. The summed E-state index contributed by atoms with van der Waals surface area (Å²) in [5.41, 5.74) is 0. The number of nitrogens with zero attached hydrogens (tertiary/aromatic N) is 2. The lowest BCUT2D eigenvalue weighted by atomic mass is 10.3. The molecule has 1 N–H and O–H groups in total. The lowest BCUT2D eigenvalue weighted by Crippen LogP contribution is -2.47. The van der Waals surface area contributed by atoms with Crippen LogP contribution in [0.15, 0.2) is 21.2 Å². The predicted octanol–water partition coefficient (Wildman–Crippen LogP) is 0.936. The van der Waals surface area contributed by atoms with Gasteiger partial charge in [0, 0.05) is 39.1 Å². The fourth-order valence-electron chi connectivity index (χ4n) is 2.02. The molecule has 0 spiro atoms. The molecule has 0 aliphatic carbocycles. The van der Waals surface area contributed by atoms with E-state index in [1.807, 2.05) is 11.9 Å². The molecule has 0 aromatic carbocycles. The highest BCUT2D eigenvalue weighted by atomic mass is 79.9. The van der Waals surface area contributed by atoms with Crippen molar-refractivity contribution in [2.75, 3.05) is 39.8 Å². The summed E-state index contributed by atoms with van der Waals surface area (Å²) in [5, 5.41) is 2.68. The number of nitrogens with one attached hydrogen (secondary N) is 1. The van der Waals surface area contributed by atoms with Gasteiger partial charge in [-0.2, -0.15) is 0 Å². The summed E-state index contributed by atoms with van der Waals surface area (Å²) < 4.78 is 5.65. The van der Waals surface area contributed by atoms with Gasteiger partial charge in [-0.05, 0) is 35.1 Å². The summed E-state index contributed by atoms with van der Waals surface area (Å²) in [4.78, 5) is 27.7. The van der Waals surface area contributed by atoms with E-state index in [2.05, 4.69) is 26.1 Å². The largest absolute Gasteiger partial charge is 0.444 e. The summed E-state index contributed by atoms with van der Waals surface area (Å²) in [6, 6.07) is 3.24. The van der Waals surface area contributed by atoms with Gasteiger partial charge in [-0.3, -0.25) is 9.59 Å². The van der Waals surface area contributed by atoms with Crippen LogP contribution in [-0.4, -0.2) is 61.4 Å². The van der Waals surface area contributed by atoms with Gasteiger partial charge in [-0.25, -0.2) is 0 Å². The Kier molecular flexibility index (Phi) is 5.19. The third-order valence-electron chi connectivity index (χ3n) is 3.28. The van der Waals surface area contributed by atoms with Crippen molar-refractivity contribution >= 4 is 27.7 Å². The molecule has 1 aliphatic rings. The van der Waals surface area contributed by atoms with Gasteiger partial charge in [0.25, 0.3) is 5.91 Å². The van der Waals surface area contributed by atoms with Crippen LogP contribution in [0.4, 0.5) is 0 Å². The summed E-state index contributed by atoms with van der Waals surface area (Å²) in [6.07, 6.45) is 0.317. The first kappa shape index (κ1) is 15.1. The van der Waals surface area contributed by atoms with Crippen molar-refractivity contribution in [3.05, 3.63) is 22.6 Å². The minimum atomic E-state index is -0.304. The molecule has 7 heteroatoms. The van der Waals surface area contributed by atoms with Crippen molar-refractivity contribution in [3.8, 4) is 0 Å². The third kappa shape index (κ3) is 4.08. The maximum absolute atomic E-state index is 12.0. The molecule has 0 unspecified atom stereocenters. The van der Waals surface area contributed by atoms with E-state index in [1.165, 1.54) is 0 Å². The predicted molar refractivity (Wildman–Crippen MR) is 77.4 cm³/mol.